The number of hydrogen-bond donors (Lipinski definition) is 1. The second-order valence-electron chi connectivity index (χ2n) is 5.60. The second kappa shape index (κ2) is 7.91. The lowest BCUT2D eigenvalue weighted by atomic mass is 9.94. The maximum Gasteiger partial charge on any atom is 0.130 e. The van der Waals surface area contributed by atoms with Crippen LogP contribution in [0.3, 0.4) is 0 Å². The van der Waals surface area contributed by atoms with E-state index in [4.69, 9.17) is 0 Å². The van der Waals surface area contributed by atoms with Crippen LogP contribution in [0, 0.1) is 17.6 Å². The highest BCUT2D eigenvalue weighted by Crippen LogP contribution is 2.30. The van der Waals surface area contributed by atoms with Gasteiger partial charge in [-0.25, -0.2) is 8.78 Å². The molecule has 1 aliphatic heterocycles. The monoisotopic (exact) mass is 304 g/mol. The first-order valence-corrected chi connectivity index (χ1v) is 6.97. The molecule has 0 unspecified atom stereocenters. The largest absolute Gasteiger partial charge is 0.314 e. The molecule has 5 heteroatoms. The van der Waals surface area contributed by atoms with Gasteiger partial charge in [-0.2, -0.15) is 0 Å². The maximum absolute atomic E-state index is 14.0. The first kappa shape index (κ1) is 17.3. The van der Waals surface area contributed by atoms with Crippen LogP contribution < -0.4 is 5.32 Å². The van der Waals surface area contributed by atoms with Crippen molar-refractivity contribution in [3.63, 3.8) is 0 Å². The van der Waals surface area contributed by atoms with E-state index in [0.29, 0.717) is 11.5 Å². The molecular weight excluding hydrogens is 282 g/mol. The lowest BCUT2D eigenvalue weighted by Crippen LogP contribution is -2.45. The fraction of sp³-hybridized carbons (Fsp3) is 0.600. The number of rotatable bonds is 4. The van der Waals surface area contributed by atoms with Gasteiger partial charge in [0, 0.05) is 43.9 Å². The minimum absolute atomic E-state index is 0. The molecule has 1 aromatic carbocycles. The van der Waals surface area contributed by atoms with Crippen LogP contribution in [0.15, 0.2) is 18.2 Å². The predicted molar refractivity (Wildman–Crippen MR) is 80.2 cm³/mol. The molecule has 114 valence electrons. The van der Waals surface area contributed by atoms with E-state index >= 15 is 0 Å². The van der Waals surface area contributed by atoms with E-state index < -0.39 is 11.6 Å². The zero-order valence-corrected chi connectivity index (χ0v) is 12.9. The van der Waals surface area contributed by atoms with Gasteiger partial charge in [-0.05, 0) is 18.4 Å². The first-order valence-electron chi connectivity index (χ1n) is 6.97. The van der Waals surface area contributed by atoms with Crippen LogP contribution in [0.25, 0.3) is 0 Å². The first-order chi connectivity index (χ1) is 9.08. The number of halogens is 3. The van der Waals surface area contributed by atoms with Crippen molar-refractivity contribution in [1.29, 1.82) is 0 Å². The third kappa shape index (κ3) is 4.40. The SMILES string of the molecule is CC(C)C[C@H](c1ccc(F)cc1F)N1CCNCC1.Cl. The molecule has 1 atom stereocenters. The molecule has 2 nitrogen and oxygen atoms in total. The summed E-state index contributed by atoms with van der Waals surface area (Å²) >= 11 is 0. The Hall–Kier alpha value is -0.710. The van der Waals surface area contributed by atoms with Gasteiger partial charge in [0.2, 0.25) is 0 Å². The Bertz CT molecular complexity index is 420. The Kier molecular flexibility index (Phi) is 6.86. The number of nitrogens with one attached hydrogen (secondary N) is 1. The van der Waals surface area contributed by atoms with E-state index in [1.807, 2.05) is 0 Å². The molecule has 0 aliphatic carbocycles. The van der Waals surface area contributed by atoms with Crippen molar-refractivity contribution in [2.24, 2.45) is 5.92 Å². The normalized spacial score (nSPS) is 17.9. The molecular formula is C15H23ClF2N2. The van der Waals surface area contributed by atoms with Crippen molar-refractivity contribution in [3.05, 3.63) is 35.4 Å². The fourth-order valence-electron chi connectivity index (χ4n) is 2.68. The van der Waals surface area contributed by atoms with Gasteiger partial charge in [0.1, 0.15) is 11.6 Å². The lowest BCUT2D eigenvalue weighted by molar-refractivity contribution is 0.151. The van der Waals surface area contributed by atoms with Gasteiger partial charge < -0.3 is 5.32 Å². The highest BCUT2D eigenvalue weighted by molar-refractivity contribution is 5.85. The minimum atomic E-state index is -0.509. The molecule has 0 saturated carbocycles. The number of nitrogens with zero attached hydrogens (tertiary/aromatic N) is 1. The van der Waals surface area contributed by atoms with Gasteiger partial charge in [-0.1, -0.05) is 19.9 Å². The van der Waals surface area contributed by atoms with Crippen molar-refractivity contribution in [2.75, 3.05) is 26.2 Å². The zero-order valence-electron chi connectivity index (χ0n) is 12.0. The number of hydrogen-bond acceptors (Lipinski definition) is 2. The topological polar surface area (TPSA) is 15.3 Å². The van der Waals surface area contributed by atoms with Crippen LogP contribution in [0.1, 0.15) is 31.9 Å². The van der Waals surface area contributed by atoms with Crippen molar-refractivity contribution < 1.29 is 8.78 Å². The van der Waals surface area contributed by atoms with Crippen LogP contribution in [0.2, 0.25) is 0 Å². The van der Waals surface area contributed by atoms with Gasteiger partial charge in [0.05, 0.1) is 0 Å². The van der Waals surface area contributed by atoms with E-state index in [9.17, 15) is 8.78 Å². The zero-order chi connectivity index (χ0) is 13.8. The van der Waals surface area contributed by atoms with Crippen molar-refractivity contribution in [1.82, 2.24) is 10.2 Å². The molecule has 1 aliphatic rings. The quantitative estimate of drug-likeness (QED) is 0.917. The molecule has 0 amide bonds. The number of piperazine rings is 1. The Morgan fingerprint density at radius 2 is 1.85 bits per heavy atom. The maximum atomic E-state index is 14.0. The highest BCUT2D eigenvalue weighted by Gasteiger charge is 2.25. The lowest BCUT2D eigenvalue weighted by Gasteiger charge is -2.36. The summed E-state index contributed by atoms with van der Waals surface area (Å²) in [7, 11) is 0. The molecule has 1 fully saturated rings. The average molecular weight is 305 g/mol. The molecule has 0 spiro atoms. The standard InChI is InChI=1S/C15H22F2N2.ClH/c1-11(2)9-15(19-7-5-18-6-8-19)13-4-3-12(16)10-14(13)17;/h3-4,10-11,15,18H,5-9H2,1-2H3;1H/t15-;/m1./s1. The summed E-state index contributed by atoms with van der Waals surface area (Å²) in [5, 5.41) is 3.30. The van der Waals surface area contributed by atoms with Crippen LogP contribution in [0.4, 0.5) is 8.78 Å². The van der Waals surface area contributed by atoms with Gasteiger partial charge >= 0.3 is 0 Å². The summed E-state index contributed by atoms with van der Waals surface area (Å²) in [6.07, 6.45) is 0.891. The van der Waals surface area contributed by atoms with Crippen LogP contribution in [0.5, 0.6) is 0 Å². The highest BCUT2D eigenvalue weighted by atomic mass is 35.5. The third-order valence-corrected chi connectivity index (χ3v) is 3.61. The van der Waals surface area contributed by atoms with Crippen LogP contribution in [-0.2, 0) is 0 Å². The van der Waals surface area contributed by atoms with E-state index in [0.717, 1.165) is 38.7 Å². The smallest absolute Gasteiger partial charge is 0.130 e. The summed E-state index contributed by atoms with van der Waals surface area (Å²) in [6.45, 7) is 7.95. The van der Waals surface area contributed by atoms with Gasteiger partial charge in [-0.3, -0.25) is 4.90 Å². The van der Waals surface area contributed by atoms with E-state index in [-0.39, 0.29) is 18.4 Å². The molecule has 0 bridgehead atoms. The van der Waals surface area contributed by atoms with Crippen LogP contribution >= 0.6 is 12.4 Å². The van der Waals surface area contributed by atoms with E-state index in [2.05, 4.69) is 24.1 Å². The Labute approximate surface area is 126 Å². The summed E-state index contributed by atoms with van der Waals surface area (Å²) in [4.78, 5) is 2.30. The van der Waals surface area contributed by atoms with Gasteiger partial charge in [0.15, 0.2) is 0 Å². The van der Waals surface area contributed by atoms with Crippen molar-refractivity contribution >= 4 is 12.4 Å². The van der Waals surface area contributed by atoms with Crippen LogP contribution in [-0.4, -0.2) is 31.1 Å². The molecule has 1 saturated heterocycles. The summed E-state index contributed by atoms with van der Waals surface area (Å²) in [6, 6.07) is 3.99. The predicted octanol–water partition coefficient (Wildman–Crippen LogP) is 3.38. The third-order valence-electron chi connectivity index (χ3n) is 3.61. The average Bonchev–Trinajstić information content (AvgIpc) is 2.37. The molecule has 0 radical (unpaired) electrons. The Balaban J connectivity index is 0.00000200. The fourth-order valence-corrected chi connectivity index (χ4v) is 2.68. The summed E-state index contributed by atoms with van der Waals surface area (Å²) in [5.41, 5.74) is 0.622. The molecule has 0 aromatic heterocycles. The van der Waals surface area contributed by atoms with E-state index in [1.165, 1.54) is 6.07 Å². The molecule has 2 rings (SSSR count). The van der Waals surface area contributed by atoms with Gasteiger partial charge in [0.25, 0.3) is 0 Å². The van der Waals surface area contributed by atoms with Crippen molar-refractivity contribution in [3.8, 4) is 0 Å². The van der Waals surface area contributed by atoms with Gasteiger partial charge in [-0.15, -0.1) is 12.4 Å². The van der Waals surface area contributed by atoms with Crippen molar-refractivity contribution in [2.45, 2.75) is 26.3 Å². The molecule has 1 N–H and O–H groups in total. The molecule has 1 aromatic rings. The second-order valence-corrected chi connectivity index (χ2v) is 5.60. The molecule has 1 heterocycles. The minimum Gasteiger partial charge on any atom is -0.314 e. The van der Waals surface area contributed by atoms with E-state index in [1.54, 1.807) is 6.07 Å². The summed E-state index contributed by atoms with van der Waals surface area (Å²) in [5.74, 6) is -0.460. The summed E-state index contributed by atoms with van der Waals surface area (Å²) < 4.78 is 27.1. The molecule has 20 heavy (non-hydrogen) atoms. The Morgan fingerprint density at radius 3 is 2.40 bits per heavy atom. The Morgan fingerprint density at radius 1 is 1.20 bits per heavy atom. The number of benzene rings is 1.